The van der Waals surface area contributed by atoms with Crippen LogP contribution in [0.15, 0.2) is 16.5 Å². The van der Waals surface area contributed by atoms with Gasteiger partial charge in [-0.25, -0.2) is 0 Å². The molecule has 0 aliphatic heterocycles. The highest BCUT2D eigenvalue weighted by atomic mass is 16.4. The van der Waals surface area contributed by atoms with Crippen LogP contribution < -0.4 is 5.32 Å². The molecule has 1 rings (SSSR count). The quantitative estimate of drug-likeness (QED) is 0.813. The maximum absolute atomic E-state index is 11.7. The van der Waals surface area contributed by atoms with Crippen molar-refractivity contribution < 1.29 is 19.1 Å². The van der Waals surface area contributed by atoms with E-state index in [9.17, 15) is 9.59 Å². The van der Waals surface area contributed by atoms with Crippen LogP contribution in [-0.2, 0) is 16.1 Å². The van der Waals surface area contributed by atoms with Crippen LogP contribution in [0.4, 0.5) is 0 Å². The molecule has 0 aromatic carbocycles. The number of furan rings is 1. The van der Waals surface area contributed by atoms with Crippen molar-refractivity contribution in [3.05, 3.63) is 23.7 Å². The van der Waals surface area contributed by atoms with Crippen LogP contribution >= 0.6 is 0 Å². The summed E-state index contributed by atoms with van der Waals surface area (Å²) in [5, 5.41) is 11.4. The molecule has 5 heteroatoms. The highest BCUT2D eigenvalue weighted by molar-refractivity contribution is 5.77. The highest BCUT2D eigenvalue weighted by Gasteiger charge is 2.25. The molecule has 0 aliphatic rings. The average Bonchev–Trinajstić information content (AvgIpc) is 2.58. The number of aryl methyl sites for hydroxylation is 1. The van der Waals surface area contributed by atoms with E-state index in [0.29, 0.717) is 12.3 Å². The predicted octanol–water partition coefficient (Wildman–Crippen LogP) is 2.10. The van der Waals surface area contributed by atoms with E-state index in [2.05, 4.69) is 5.32 Å². The third kappa shape index (κ3) is 5.03. The van der Waals surface area contributed by atoms with E-state index >= 15 is 0 Å². The third-order valence-corrected chi connectivity index (χ3v) is 2.52. The van der Waals surface area contributed by atoms with E-state index in [1.165, 1.54) is 0 Å². The van der Waals surface area contributed by atoms with E-state index in [1.807, 2.05) is 13.0 Å². The first-order valence-electron chi connectivity index (χ1n) is 5.82. The Labute approximate surface area is 106 Å². The molecular formula is C13H19NO4. The van der Waals surface area contributed by atoms with Gasteiger partial charge in [0, 0.05) is 6.42 Å². The van der Waals surface area contributed by atoms with Crippen LogP contribution in [0.3, 0.4) is 0 Å². The lowest BCUT2D eigenvalue weighted by atomic mass is 9.85. The Morgan fingerprint density at radius 1 is 1.33 bits per heavy atom. The molecule has 0 atom stereocenters. The highest BCUT2D eigenvalue weighted by Crippen LogP contribution is 2.24. The Hall–Kier alpha value is -1.78. The molecule has 0 radical (unpaired) electrons. The molecule has 18 heavy (non-hydrogen) atoms. The van der Waals surface area contributed by atoms with Gasteiger partial charge in [-0.05, 0) is 24.5 Å². The van der Waals surface area contributed by atoms with Crippen molar-refractivity contribution in [3.8, 4) is 0 Å². The number of nitrogens with one attached hydrogen (secondary N) is 1. The second-order valence-electron chi connectivity index (χ2n) is 5.20. The van der Waals surface area contributed by atoms with Gasteiger partial charge in [-0.3, -0.25) is 9.59 Å². The number of carbonyl (C=O) groups excluding carboxylic acids is 1. The summed E-state index contributed by atoms with van der Waals surface area (Å²) in [5.41, 5.74) is -0.547. The number of hydrogen-bond acceptors (Lipinski definition) is 3. The fraction of sp³-hybridized carbons (Fsp3) is 0.538. The van der Waals surface area contributed by atoms with Crippen molar-refractivity contribution in [2.24, 2.45) is 5.41 Å². The smallest absolute Gasteiger partial charge is 0.303 e. The molecule has 0 fully saturated rings. The minimum Gasteiger partial charge on any atom is -0.481 e. The first-order chi connectivity index (χ1) is 8.28. The molecule has 0 saturated carbocycles. The Morgan fingerprint density at radius 3 is 2.50 bits per heavy atom. The number of rotatable bonds is 6. The summed E-state index contributed by atoms with van der Waals surface area (Å²) in [4.78, 5) is 22.3. The molecular weight excluding hydrogens is 234 g/mol. The Morgan fingerprint density at radius 2 is 2.00 bits per heavy atom. The molecule has 0 bridgehead atoms. The molecule has 2 N–H and O–H groups in total. The van der Waals surface area contributed by atoms with E-state index in [-0.39, 0.29) is 18.7 Å². The van der Waals surface area contributed by atoms with Crippen molar-refractivity contribution in [2.75, 3.05) is 0 Å². The lowest BCUT2D eigenvalue weighted by molar-refractivity contribution is -0.139. The van der Waals surface area contributed by atoms with E-state index in [0.717, 1.165) is 5.76 Å². The number of aliphatic carboxylic acids is 1. The maximum atomic E-state index is 11.7. The van der Waals surface area contributed by atoms with Gasteiger partial charge in [-0.15, -0.1) is 0 Å². The van der Waals surface area contributed by atoms with E-state index in [4.69, 9.17) is 9.52 Å². The monoisotopic (exact) mass is 253 g/mol. The van der Waals surface area contributed by atoms with Crippen molar-refractivity contribution in [2.45, 2.75) is 40.2 Å². The molecule has 0 unspecified atom stereocenters. The van der Waals surface area contributed by atoms with Gasteiger partial charge >= 0.3 is 5.97 Å². The fourth-order valence-electron chi connectivity index (χ4n) is 1.73. The summed E-state index contributed by atoms with van der Waals surface area (Å²) >= 11 is 0. The number of amides is 1. The Balaban J connectivity index is 2.39. The molecule has 0 aliphatic carbocycles. The van der Waals surface area contributed by atoms with Gasteiger partial charge in [0.05, 0.1) is 13.0 Å². The van der Waals surface area contributed by atoms with E-state index in [1.54, 1.807) is 19.9 Å². The van der Waals surface area contributed by atoms with Crippen LogP contribution in [0.25, 0.3) is 0 Å². The number of carbonyl (C=O) groups is 2. The van der Waals surface area contributed by atoms with Crippen molar-refractivity contribution in [3.63, 3.8) is 0 Å². The molecule has 5 nitrogen and oxygen atoms in total. The standard InChI is InChI=1S/C13H19NO4/c1-9-4-5-10(18-9)8-14-11(15)6-13(2,3)7-12(16)17/h4-5H,6-8H2,1-3H3,(H,14,15)(H,16,17). The summed E-state index contributed by atoms with van der Waals surface area (Å²) in [7, 11) is 0. The summed E-state index contributed by atoms with van der Waals surface area (Å²) in [6, 6.07) is 3.63. The molecule has 1 amide bonds. The predicted molar refractivity (Wildman–Crippen MR) is 65.9 cm³/mol. The van der Waals surface area contributed by atoms with Gasteiger partial charge in [-0.1, -0.05) is 13.8 Å². The first kappa shape index (κ1) is 14.3. The number of carboxylic acid groups (broad SMARTS) is 1. The van der Waals surface area contributed by atoms with Crippen molar-refractivity contribution >= 4 is 11.9 Å². The van der Waals surface area contributed by atoms with Gasteiger partial charge in [-0.2, -0.15) is 0 Å². The zero-order valence-corrected chi connectivity index (χ0v) is 10.9. The van der Waals surface area contributed by atoms with Crippen LogP contribution in [-0.4, -0.2) is 17.0 Å². The van der Waals surface area contributed by atoms with Crippen LogP contribution in [0.2, 0.25) is 0 Å². The Bertz CT molecular complexity index is 434. The zero-order chi connectivity index (χ0) is 13.8. The average molecular weight is 253 g/mol. The molecule has 0 saturated heterocycles. The minimum atomic E-state index is -0.894. The lowest BCUT2D eigenvalue weighted by Crippen LogP contribution is -2.29. The van der Waals surface area contributed by atoms with Gasteiger partial charge in [0.25, 0.3) is 0 Å². The van der Waals surface area contributed by atoms with Gasteiger partial charge in [0.2, 0.25) is 5.91 Å². The van der Waals surface area contributed by atoms with Crippen molar-refractivity contribution in [1.82, 2.24) is 5.32 Å². The first-order valence-corrected chi connectivity index (χ1v) is 5.82. The summed E-state index contributed by atoms with van der Waals surface area (Å²) < 4.78 is 5.32. The summed E-state index contributed by atoms with van der Waals surface area (Å²) in [6.07, 6.45) is 0.152. The van der Waals surface area contributed by atoms with E-state index < -0.39 is 11.4 Å². The number of carboxylic acids is 1. The summed E-state index contributed by atoms with van der Waals surface area (Å²) in [6.45, 7) is 5.69. The van der Waals surface area contributed by atoms with Crippen LogP contribution in [0.1, 0.15) is 38.2 Å². The lowest BCUT2D eigenvalue weighted by Gasteiger charge is -2.21. The Kier molecular flexibility index (Phi) is 4.53. The molecule has 1 aromatic heterocycles. The van der Waals surface area contributed by atoms with Crippen molar-refractivity contribution in [1.29, 1.82) is 0 Å². The zero-order valence-electron chi connectivity index (χ0n) is 10.9. The molecule has 1 aromatic rings. The topological polar surface area (TPSA) is 79.5 Å². The molecule has 100 valence electrons. The number of hydrogen-bond donors (Lipinski definition) is 2. The van der Waals surface area contributed by atoms with Gasteiger partial charge in [0.15, 0.2) is 0 Å². The van der Waals surface area contributed by atoms with Crippen LogP contribution in [0, 0.1) is 12.3 Å². The van der Waals surface area contributed by atoms with Crippen LogP contribution in [0.5, 0.6) is 0 Å². The van der Waals surface area contributed by atoms with Gasteiger partial charge in [0.1, 0.15) is 11.5 Å². The minimum absolute atomic E-state index is 0.0275. The largest absolute Gasteiger partial charge is 0.481 e. The third-order valence-electron chi connectivity index (χ3n) is 2.52. The maximum Gasteiger partial charge on any atom is 0.303 e. The second kappa shape index (κ2) is 5.71. The summed E-state index contributed by atoms with van der Waals surface area (Å²) in [5.74, 6) is 0.423. The SMILES string of the molecule is Cc1ccc(CNC(=O)CC(C)(C)CC(=O)O)o1. The molecule has 1 heterocycles. The molecule has 0 spiro atoms. The normalized spacial score (nSPS) is 11.3. The fourth-order valence-corrected chi connectivity index (χ4v) is 1.73. The second-order valence-corrected chi connectivity index (χ2v) is 5.20. The van der Waals surface area contributed by atoms with Gasteiger partial charge < -0.3 is 14.8 Å².